The first-order valence-electron chi connectivity index (χ1n) is 20.2. The predicted octanol–water partition coefficient (Wildman–Crippen LogP) is 15.3. The summed E-state index contributed by atoms with van der Waals surface area (Å²) in [6.07, 6.45) is 0. The molecule has 11 aromatic carbocycles. The maximum atomic E-state index is 6.38. The summed E-state index contributed by atoms with van der Waals surface area (Å²) in [4.78, 5) is 0. The van der Waals surface area contributed by atoms with E-state index in [4.69, 9.17) is 4.42 Å². The Kier molecular flexibility index (Phi) is 5.76. The lowest BCUT2D eigenvalue weighted by Crippen LogP contribution is -2.25. The number of fused-ring (bicyclic) bond motifs is 15. The molecule has 0 aliphatic heterocycles. The Labute approximate surface area is 334 Å². The van der Waals surface area contributed by atoms with E-state index in [0.717, 1.165) is 27.5 Å². The van der Waals surface area contributed by atoms with E-state index in [1.807, 2.05) is 6.07 Å². The molecule has 0 radical (unpaired) electrons. The molecule has 0 N–H and O–H groups in total. The van der Waals surface area contributed by atoms with E-state index in [1.54, 1.807) is 0 Å². The van der Waals surface area contributed by atoms with Crippen molar-refractivity contribution in [2.75, 3.05) is 0 Å². The third-order valence-electron chi connectivity index (χ3n) is 13.6. The number of furan rings is 1. The van der Waals surface area contributed by atoms with Gasteiger partial charge in [0.05, 0.1) is 5.41 Å². The molecule has 2 aliphatic rings. The third-order valence-corrected chi connectivity index (χ3v) is 13.6. The highest BCUT2D eigenvalue weighted by Crippen LogP contribution is 2.64. The molecule has 0 amide bonds. The fourth-order valence-corrected chi connectivity index (χ4v) is 11.3. The normalized spacial score (nSPS) is 13.7. The van der Waals surface area contributed by atoms with Gasteiger partial charge in [-0.1, -0.05) is 170 Å². The van der Waals surface area contributed by atoms with Gasteiger partial charge in [0.1, 0.15) is 11.2 Å². The lowest BCUT2D eigenvalue weighted by Gasteiger charge is -2.31. The van der Waals surface area contributed by atoms with Crippen molar-refractivity contribution in [1.29, 1.82) is 0 Å². The number of rotatable bonds is 2. The molecule has 1 heteroatoms. The second-order valence-electron chi connectivity index (χ2n) is 16.3. The molecule has 1 aromatic heterocycles. The fraction of sp³-hybridized carbons (Fsp3) is 0.0175. The molecule has 0 saturated carbocycles. The van der Waals surface area contributed by atoms with Gasteiger partial charge in [-0.25, -0.2) is 0 Å². The Bertz CT molecular complexity index is 3690. The van der Waals surface area contributed by atoms with Crippen molar-refractivity contribution in [3.05, 3.63) is 216 Å². The minimum absolute atomic E-state index is 0.463. The Morgan fingerprint density at radius 1 is 0.293 bits per heavy atom. The van der Waals surface area contributed by atoms with Gasteiger partial charge < -0.3 is 4.42 Å². The van der Waals surface area contributed by atoms with Crippen molar-refractivity contribution in [3.63, 3.8) is 0 Å². The van der Waals surface area contributed by atoms with E-state index in [-0.39, 0.29) is 0 Å². The summed E-state index contributed by atoms with van der Waals surface area (Å²) < 4.78 is 6.38. The van der Waals surface area contributed by atoms with Crippen molar-refractivity contribution in [2.45, 2.75) is 5.41 Å². The summed E-state index contributed by atoms with van der Waals surface area (Å²) in [7, 11) is 0. The largest absolute Gasteiger partial charge is 0.456 e. The van der Waals surface area contributed by atoms with Gasteiger partial charge in [0.15, 0.2) is 0 Å². The quantitative estimate of drug-likeness (QED) is 0.161. The van der Waals surface area contributed by atoms with Crippen molar-refractivity contribution in [3.8, 4) is 44.5 Å². The molecular formula is C57H32O. The maximum absolute atomic E-state index is 6.38. The Morgan fingerprint density at radius 3 is 1.71 bits per heavy atom. The van der Waals surface area contributed by atoms with Crippen LogP contribution < -0.4 is 0 Å². The summed E-state index contributed by atoms with van der Waals surface area (Å²) in [5.41, 5.74) is 16.9. The van der Waals surface area contributed by atoms with Crippen molar-refractivity contribution >= 4 is 65.0 Å². The highest BCUT2D eigenvalue weighted by molar-refractivity contribution is 6.25. The second kappa shape index (κ2) is 10.9. The monoisotopic (exact) mass is 732 g/mol. The highest BCUT2D eigenvalue weighted by atomic mass is 16.3. The molecule has 0 bridgehead atoms. The fourth-order valence-electron chi connectivity index (χ4n) is 11.3. The van der Waals surface area contributed by atoms with Gasteiger partial charge in [-0.05, 0) is 134 Å². The van der Waals surface area contributed by atoms with Crippen LogP contribution in [0.2, 0.25) is 0 Å². The van der Waals surface area contributed by atoms with Crippen LogP contribution in [0.3, 0.4) is 0 Å². The molecule has 1 spiro atoms. The van der Waals surface area contributed by atoms with E-state index >= 15 is 0 Å². The maximum Gasteiger partial charge on any atom is 0.136 e. The average Bonchev–Trinajstić information content (AvgIpc) is 3.91. The van der Waals surface area contributed by atoms with Crippen molar-refractivity contribution in [2.24, 2.45) is 0 Å². The molecule has 58 heavy (non-hydrogen) atoms. The molecule has 0 fully saturated rings. The van der Waals surface area contributed by atoms with Gasteiger partial charge in [-0.15, -0.1) is 0 Å². The molecule has 1 nitrogen and oxygen atoms in total. The van der Waals surface area contributed by atoms with Crippen LogP contribution in [0.25, 0.3) is 110 Å². The van der Waals surface area contributed by atoms with E-state index in [0.29, 0.717) is 0 Å². The third kappa shape index (κ3) is 3.72. The summed E-state index contributed by atoms with van der Waals surface area (Å²) in [5, 5.41) is 12.7. The van der Waals surface area contributed by atoms with Gasteiger partial charge in [0.2, 0.25) is 0 Å². The number of benzene rings is 11. The lowest BCUT2D eigenvalue weighted by atomic mass is 9.70. The molecule has 2 aliphatic carbocycles. The summed E-state index contributed by atoms with van der Waals surface area (Å²) in [6.45, 7) is 0. The zero-order valence-corrected chi connectivity index (χ0v) is 31.4. The van der Waals surface area contributed by atoms with Gasteiger partial charge in [0, 0.05) is 10.8 Å². The first-order valence-corrected chi connectivity index (χ1v) is 20.2. The van der Waals surface area contributed by atoms with Crippen LogP contribution in [0.5, 0.6) is 0 Å². The molecule has 1 heterocycles. The lowest BCUT2D eigenvalue weighted by molar-refractivity contribution is 0.669. The number of hydrogen-bond acceptors (Lipinski definition) is 1. The van der Waals surface area contributed by atoms with Crippen LogP contribution in [0, 0.1) is 0 Å². The Hall–Kier alpha value is -7.48. The van der Waals surface area contributed by atoms with Crippen molar-refractivity contribution < 1.29 is 4.42 Å². The van der Waals surface area contributed by atoms with Crippen LogP contribution in [-0.2, 0) is 5.41 Å². The standard InChI is InChI=1S/C57H32O/c1-4-16-48-41(11-1)42-12-2-5-17-49(42)57(48)50-30-29-40-38(37-23-26-44-43-13-3-6-18-52(43)58-53(44)32-37)14-8-15-45(40)56(50)47-28-24-36(31-51(47)57)39-25-21-35-20-19-33-9-7-10-34-22-27-46(39)55(35)54(33)34/h1-32H. The zero-order chi connectivity index (χ0) is 37.7. The van der Waals surface area contributed by atoms with Crippen LogP contribution in [-0.4, -0.2) is 0 Å². The minimum atomic E-state index is -0.463. The van der Waals surface area contributed by atoms with E-state index in [1.165, 1.54) is 104 Å². The molecule has 0 unspecified atom stereocenters. The average molecular weight is 733 g/mol. The number of hydrogen-bond donors (Lipinski definition) is 0. The summed E-state index contributed by atoms with van der Waals surface area (Å²) in [6, 6.07) is 72.7. The topological polar surface area (TPSA) is 13.1 Å². The number of para-hydroxylation sites is 1. The van der Waals surface area contributed by atoms with E-state index in [9.17, 15) is 0 Å². The van der Waals surface area contributed by atoms with Crippen LogP contribution in [0.15, 0.2) is 199 Å². The van der Waals surface area contributed by atoms with E-state index in [2.05, 4.69) is 188 Å². The predicted molar refractivity (Wildman–Crippen MR) is 242 cm³/mol. The first kappa shape index (κ1) is 30.7. The van der Waals surface area contributed by atoms with E-state index < -0.39 is 5.41 Å². The van der Waals surface area contributed by atoms with Crippen LogP contribution in [0.4, 0.5) is 0 Å². The SMILES string of the molecule is c1ccc2c(c1)-c1ccccc1C21c2cc(-c3ccc4ccc5cccc6ccc3c4c56)ccc2-c2c1ccc1c(-c3ccc4c(c3)oc3ccccc34)cccc21. The van der Waals surface area contributed by atoms with Crippen LogP contribution in [0.1, 0.15) is 22.3 Å². The van der Waals surface area contributed by atoms with Crippen molar-refractivity contribution in [1.82, 2.24) is 0 Å². The first-order chi connectivity index (χ1) is 28.8. The second-order valence-corrected chi connectivity index (χ2v) is 16.3. The van der Waals surface area contributed by atoms with Crippen LogP contribution >= 0.6 is 0 Å². The van der Waals surface area contributed by atoms with Gasteiger partial charge in [-0.2, -0.15) is 0 Å². The van der Waals surface area contributed by atoms with Gasteiger partial charge in [-0.3, -0.25) is 0 Å². The van der Waals surface area contributed by atoms with Gasteiger partial charge in [0.25, 0.3) is 0 Å². The summed E-state index contributed by atoms with van der Waals surface area (Å²) >= 11 is 0. The Balaban J connectivity index is 1.06. The molecule has 0 saturated heterocycles. The highest BCUT2D eigenvalue weighted by Gasteiger charge is 2.52. The summed E-state index contributed by atoms with van der Waals surface area (Å²) in [5.74, 6) is 0. The molecule has 12 aromatic rings. The molecular weight excluding hydrogens is 701 g/mol. The van der Waals surface area contributed by atoms with Gasteiger partial charge >= 0.3 is 0 Å². The smallest absolute Gasteiger partial charge is 0.136 e. The molecule has 0 atom stereocenters. The zero-order valence-electron chi connectivity index (χ0n) is 31.4. The Morgan fingerprint density at radius 2 is 0.862 bits per heavy atom. The molecule has 14 rings (SSSR count). The minimum Gasteiger partial charge on any atom is -0.456 e. The molecule has 266 valence electrons.